The van der Waals surface area contributed by atoms with Gasteiger partial charge in [0.1, 0.15) is 25.1 Å². The number of hydrogen-bond donors (Lipinski definition) is 1. The minimum atomic E-state index is -0.944. The number of ether oxygens (including phenoxy) is 2. The Kier molecular flexibility index (Phi) is 5.98. The summed E-state index contributed by atoms with van der Waals surface area (Å²) in [6, 6.07) is 4.74. The number of carbonyl (C=O) groups excluding carboxylic acids is 1. The molecule has 18 heavy (non-hydrogen) atoms. The van der Waals surface area contributed by atoms with E-state index in [4.69, 9.17) is 27.9 Å². The molecule has 0 heterocycles. The second-order valence-corrected chi connectivity index (χ2v) is 4.22. The summed E-state index contributed by atoms with van der Waals surface area (Å²) in [5, 5.41) is 10.3. The van der Waals surface area contributed by atoms with Crippen LogP contribution in [0.2, 0.25) is 10.0 Å². The van der Waals surface area contributed by atoms with Crippen molar-refractivity contribution in [2.24, 2.45) is 0 Å². The van der Waals surface area contributed by atoms with E-state index < -0.39 is 12.1 Å². The van der Waals surface area contributed by atoms with Gasteiger partial charge in [0.25, 0.3) is 0 Å². The molecule has 0 spiro atoms. The number of carbonyl (C=O) groups is 1. The zero-order chi connectivity index (χ0) is 13.5. The van der Waals surface area contributed by atoms with E-state index in [1.54, 1.807) is 12.1 Å². The van der Waals surface area contributed by atoms with Crippen LogP contribution in [-0.2, 0) is 9.53 Å². The number of rotatable bonds is 6. The molecular weight excluding hydrogens is 279 g/mol. The van der Waals surface area contributed by atoms with E-state index in [0.717, 1.165) is 6.08 Å². The molecule has 0 saturated heterocycles. The van der Waals surface area contributed by atoms with E-state index in [-0.39, 0.29) is 13.2 Å². The molecule has 98 valence electrons. The number of aliphatic hydroxyl groups excluding tert-OH is 1. The molecule has 0 amide bonds. The third-order valence-electron chi connectivity index (χ3n) is 1.91. The minimum Gasteiger partial charge on any atom is -0.489 e. The molecule has 0 radical (unpaired) electrons. The quantitative estimate of drug-likeness (QED) is 0.646. The van der Waals surface area contributed by atoms with Crippen LogP contribution in [0.25, 0.3) is 0 Å². The van der Waals surface area contributed by atoms with Gasteiger partial charge in [0.15, 0.2) is 0 Å². The van der Waals surface area contributed by atoms with E-state index in [0.29, 0.717) is 15.8 Å². The van der Waals surface area contributed by atoms with Crippen LogP contribution < -0.4 is 4.74 Å². The Labute approximate surface area is 115 Å². The van der Waals surface area contributed by atoms with Gasteiger partial charge in [-0.05, 0) is 18.2 Å². The van der Waals surface area contributed by atoms with Crippen molar-refractivity contribution in [2.45, 2.75) is 6.10 Å². The zero-order valence-corrected chi connectivity index (χ0v) is 10.9. The smallest absolute Gasteiger partial charge is 0.330 e. The summed E-state index contributed by atoms with van der Waals surface area (Å²) >= 11 is 11.6. The molecule has 1 aromatic carbocycles. The van der Waals surface area contributed by atoms with Crippen LogP contribution in [-0.4, -0.2) is 30.4 Å². The lowest BCUT2D eigenvalue weighted by molar-refractivity contribution is -0.141. The molecule has 1 rings (SSSR count). The molecule has 0 fully saturated rings. The van der Waals surface area contributed by atoms with Crippen molar-refractivity contribution < 1.29 is 19.4 Å². The monoisotopic (exact) mass is 290 g/mol. The summed E-state index contributed by atoms with van der Waals surface area (Å²) in [6.07, 6.45) is 0.0737. The second-order valence-electron chi connectivity index (χ2n) is 3.37. The summed E-state index contributed by atoms with van der Waals surface area (Å²) < 4.78 is 9.91. The fourth-order valence-corrected chi connectivity index (χ4v) is 1.53. The molecule has 1 aromatic rings. The molecule has 0 saturated carbocycles. The maximum Gasteiger partial charge on any atom is 0.330 e. The molecule has 0 bridgehead atoms. The minimum absolute atomic E-state index is 0.0498. The molecule has 1 N–H and O–H groups in total. The summed E-state index contributed by atoms with van der Waals surface area (Å²) in [7, 11) is 0. The van der Waals surface area contributed by atoms with Gasteiger partial charge in [0.2, 0.25) is 0 Å². The summed E-state index contributed by atoms with van der Waals surface area (Å²) in [4.78, 5) is 10.8. The Morgan fingerprint density at radius 3 is 2.78 bits per heavy atom. The predicted octanol–water partition coefficient (Wildman–Crippen LogP) is 2.46. The zero-order valence-electron chi connectivity index (χ0n) is 9.44. The van der Waals surface area contributed by atoms with Crippen LogP contribution in [0.5, 0.6) is 5.75 Å². The first-order valence-electron chi connectivity index (χ1n) is 5.08. The maximum atomic E-state index is 10.8. The molecule has 0 aliphatic carbocycles. The summed E-state index contributed by atoms with van der Waals surface area (Å²) in [6.45, 7) is 3.01. The van der Waals surface area contributed by atoms with Gasteiger partial charge >= 0.3 is 5.97 Å². The highest BCUT2D eigenvalue weighted by atomic mass is 35.5. The second kappa shape index (κ2) is 7.26. The highest BCUT2D eigenvalue weighted by molar-refractivity contribution is 6.35. The molecule has 6 heteroatoms. The number of aliphatic hydroxyl groups is 1. The third-order valence-corrected chi connectivity index (χ3v) is 2.44. The predicted molar refractivity (Wildman–Crippen MR) is 69.1 cm³/mol. The first-order chi connectivity index (χ1) is 8.52. The van der Waals surface area contributed by atoms with Gasteiger partial charge in [0, 0.05) is 11.1 Å². The van der Waals surface area contributed by atoms with Gasteiger partial charge in [-0.1, -0.05) is 29.8 Å². The topological polar surface area (TPSA) is 55.8 Å². The molecule has 0 aromatic heterocycles. The highest BCUT2D eigenvalue weighted by Crippen LogP contribution is 2.27. The Balaban J connectivity index is 2.40. The average molecular weight is 291 g/mol. The van der Waals surface area contributed by atoms with Crippen molar-refractivity contribution in [2.75, 3.05) is 13.2 Å². The van der Waals surface area contributed by atoms with Crippen molar-refractivity contribution in [3.8, 4) is 5.75 Å². The maximum absolute atomic E-state index is 10.8. The van der Waals surface area contributed by atoms with Gasteiger partial charge in [-0.3, -0.25) is 0 Å². The molecule has 1 unspecified atom stereocenters. The summed E-state index contributed by atoms with van der Waals surface area (Å²) in [5.41, 5.74) is 0. The van der Waals surface area contributed by atoms with Crippen LogP contribution in [0.4, 0.5) is 0 Å². The number of benzene rings is 1. The standard InChI is InChI=1S/C12H12Cl2O4/c1-2-12(16)18-7-9(15)6-17-11-4-3-8(13)5-10(11)14/h2-5,9,15H,1,6-7H2. The number of hydrogen-bond acceptors (Lipinski definition) is 4. The molecule has 0 aliphatic heterocycles. The van der Waals surface area contributed by atoms with Gasteiger partial charge in [0.05, 0.1) is 5.02 Å². The van der Waals surface area contributed by atoms with E-state index in [1.165, 1.54) is 6.07 Å². The third kappa shape index (κ3) is 4.96. The number of halogens is 2. The molecule has 4 nitrogen and oxygen atoms in total. The Morgan fingerprint density at radius 2 is 2.17 bits per heavy atom. The van der Waals surface area contributed by atoms with Crippen molar-refractivity contribution in [1.29, 1.82) is 0 Å². The van der Waals surface area contributed by atoms with E-state index in [9.17, 15) is 9.90 Å². The highest BCUT2D eigenvalue weighted by Gasteiger charge is 2.09. The van der Waals surface area contributed by atoms with Crippen molar-refractivity contribution in [1.82, 2.24) is 0 Å². The van der Waals surface area contributed by atoms with Crippen molar-refractivity contribution in [3.63, 3.8) is 0 Å². The van der Waals surface area contributed by atoms with Crippen LogP contribution >= 0.6 is 23.2 Å². The number of esters is 1. The normalized spacial score (nSPS) is 11.7. The lowest BCUT2D eigenvalue weighted by atomic mass is 10.3. The average Bonchev–Trinajstić information content (AvgIpc) is 2.34. The summed E-state index contributed by atoms with van der Waals surface area (Å²) in [5.74, 6) is -0.200. The molecular formula is C12H12Cl2O4. The molecule has 1 atom stereocenters. The van der Waals surface area contributed by atoms with Crippen molar-refractivity contribution >= 4 is 29.2 Å². The van der Waals surface area contributed by atoms with Crippen LogP contribution in [0.15, 0.2) is 30.9 Å². The Hall–Kier alpha value is -1.23. The van der Waals surface area contributed by atoms with Crippen molar-refractivity contribution in [3.05, 3.63) is 40.9 Å². The van der Waals surface area contributed by atoms with Crippen LogP contribution in [0, 0.1) is 0 Å². The first kappa shape index (κ1) is 14.8. The van der Waals surface area contributed by atoms with Gasteiger partial charge in [-0.2, -0.15) is 0 Å². The fourth-order valence-electron chi connectivity index (χ4n) is 1.06. The Morgan fingerprint density at radius 1 is 1.44 bits per heavy atom. The lowest BCUT2D eigenvalue weighted by Gasteiger charge is -2.13. The Bertz CT molecular complexity index is 434. The van der Waals surface area contributed by atoms with Gasteiger partial charge in [-0.25, -0.2) is 4.79 Å². The van der Waals surface area contributed by atoms with Gasteiger partial charge < -0.3 is 14.6 Å². The van der Waals surface area contributed by atoms with Gasteiger partial charge in [-0.15, -0.1) is 0 Å². The van der Waals surface area contributed by atoms with E-state index in [2.05, 4.69) is 11.3 Å². The SMILES string of the molecule is C=CC(=O)OCC(O)COc1ccc(Cl)cc1Cl. The fraction of sp³-hybridized carbons (Fsp3) is 0.250. The van der Waals surface area contributed by atoms with E-state index in [1.807, 2.05) is 0 Å². The molecule has 0 aliphatic rings. The first-order valence-corrected chi connectivity index (χ1v) is 5.83. The van der Waals surface area contributed by atoms with Crippen LogP contribution in [0.3, 0.4) is 0 Å². The van der Waals surface area contributed by atoms with E-state index >= 15 is 0 Å². The van der Waals surface area contributed by atoms with Crippen LogP contribution in [0.1, 0.15) is 0 Å². The largest absolute Gasteiger partial charge is 0.489 e. The lowest BCUT2D eigenvalue weighted by Crippen LogP contribution is -2.24.